The molecule has 3 aromatic rings. The molecule has 1 fully saturated rings. The van der Waals surface area contributed by atoms with E-state index in [1.54, 1.807) is 0 Å². The zero-order valence-corrected chi connectivity index (χ0v) is 15.4. The Morgan fingerprint density at radius 2 is 1.46 bits per heavy atom. The SMILES string of the molecule is COC(=O)C1(c2ccccc2)c2ccccc2N2C(C(=O)c3ccccc3)C21. The van der Waals surface area contributed by atoms with E-state index in [0.29, 0.717) is 5.56 Å². The molecule has 0 aliphatic carbocycles. The summed E-state index contributed by atoms with van der Waals surface area (Å²) in [5.74, 6) is -0.300. The Bertz CT molecular complexity index is 1060. The molecule has 4 heteroatoms. The molecule has 0 aromatic heterocycles. The van der Waals surface area contributed by atoms with Crippen molar-refractivity contribution >= 4 is 17.4 Å². The minimum Gasteiger partial charge on any atom is -0.468 e. The quantitative estimate of drug-likeness (QED) is 0.401. The number of hydrogen-bond acceptors (Lipinski definition) is 4. The molecule has 0 amide bonds. The maximum Gasteiger partial charge on any atom is 0.323 e. The number of anilines is 1. The van der Waals surface area contributed by atoms with Crippen molar-refractivity contribution in [1.82, 2.24) is 0 Å². The highest BCUT2D eigenvalue weighted by molar-refractivity contribution is 6.11. The Morgan fingerprint density at radius 1 is 0.857 bits per heavy atom. The van der Waals surface area contributed by atoms with E-state index >= 15 is 0 Å². The van der Waals surface area contributed by atoms with Crippen LogP contribution in [-0.4, -0.2) is 30.9 Å². The Balaban J connectivity index is 1.71. The van der Waals surface area contributed by atoms with Gasteiger partial charge in [0.1, 0.15) is 11.5 Å². The second kappa shape index (κ2) is 6.06. The van der Waals surface area contributed by atoms with Crippen LogP contribution < -0.4 is 4.90 Å². The number of para-hydroxylation sites is 1. The fourth-order valence-corrected chi connectivity index (χ4v) is 4.75. The topological polar surface area (TPSA) is 46.4 Å². The van der Waals surface area contributed by atoms with Gasteiger partial charge in [0.2, 0.25) is 0 Å². The Hall–Kier alpha value is -3.40. The smallest absolute Gasteiger partial charge is 0.323 e. The highest BCUT2D eigenvalue weighted by Crippen LogP contribution is 2.60. The zero-order chi connectivity index (χ0) is 19.3. The van der Waals surface area contributed by atoms with E-state index in [9.17, 15) is 9.59 Å². The highest BCUT2D eigenvalue weighted by Gasteiger charge is 2.72. The molecule has 0 saturated carbocycles. The van der Waals surface area contributed by atoms with Crippen LogP contribution in [0.25, 0.3) is 0 Å². The van der Waals surface area contributed by atoms with Gasteiger partial charge < -0.3 is 9.64 Å². The lowest BCUT2D eigenvalue weighted by Crippen LogP contribution is -2.44. The van der Waals surface area contributed by atoms with Crippen LogP contribution in [0, 0.1) is 0 Å². The Labute approximate surface area is 163 Å². The number of carbonyl (C=O) groups excluding carboxylic acids is 2. The molecule has 0 N–H and O–H groups in total. The van der Waals surface area contributed by atoms with Crippen LogP contribution in [0.1, 0.15) is 21.5 Å². The maximum absolute atomic E-state index is 13.3. The maximum atomic E-state index is 13.3. The number of esters is 1. The molecule has 3 aromatic carbocycles. The molecule has 1 saturated heterocycles. The number of Topliss-reactive ketones (excluding diaryl/α,β-unsaturated/α-hetero) is 1. The fourth-order valence-electron chi connectivity index (χ4n) is 4.75. The van der Waals surface area contributed by atoms with Gasteiger partial charge in [0, 0.05) is 11.3 Å². The molecule has 2 heterocycles. The predicted molar refractivity (Wildman–Crippen MR) is 107 cm³/mol. The summed E-state index contributed by atoms with van der Waals surface area (Å²) in [4.78, 5) is 28.6. The van der Waals surface area contributed by atoms with Crippen LogP contribution in [-0.2, 0) is 14.9 Å². The number of rotatable bonds is 4. The predicted octanol–water partition coefficient (Wildman–Crippen LogP) is 3.60. The first-order valence-corrected chi connectivity index (χ1v) is 9.32. The van der Waals surface area contributed by atoms with Gasteiger partial charge >= 0.3 is 5.97 Å². The lowest BCUT2D eigenvalue weighted by molar-refractivity contribution is -0.145. The Morgan fingerprint density at radius 3 is 2.14 bits per heavy atom. The molecular formula is C24H19NO3. The third-order valence-corrected chi connectivity index (χ3v) is 5.92. The zero-order valence-electron chi connectivity index (χ0n) is 15.4. The van der Waals surface area contributed by atoms with Crippen LogP contribution in [0.15, 0.2) is 84.9 Å². The monoisotopic (exact) mass is 369 g/mol. The van der Waals surface area contributed by atoms with Gasteiger partial charge in [-0.05, 0) is 17.2 Å². The van der Waals surface area contributed by atoms with Crippen LogP contribution in [0.2, 0.25) is 0 Å². The number of methoxy groups -OCH3 is 1. The molecule has 28 heavy (non-hydrogen) atoms. The summed E-state index contributed by atoms with van der Waals surface area (Å²) in [6.07, 6.45) is 0. The van der Waals surface area contributed by atoms with Crippen molar-refractivity contribution in [3.05, 3.63) is 102 Å². The first kappa shape index (κ1) is 16.8. The molecular weight excluding hydrogens is 350 g/mol. The molecule has 5 rings (SSSR count). The minimum atomic E-state index is -1.01. The summed E-state index contributed by atoms with van der Waals surface area (Å²) in [7, 11) is 1.41. The number of fused-ring (bicyclic) bond motifs is 3. The van der Waals surface area contributed by atoms with Crippen LogP contribution in [0.5, 0.6) is 0 Å². The molecule has 3 unspecified atom stereocenters. The molecule has 0 spiro atoms. The molecule has 3 atom stereocenters. The molecule has 0 bridgehead atoms. The minimum absolute atomic E-state index is 0.0318. The van der Waals surface area contributed by atoms with Crippen molar-refractivity contribution in [2.75, 3.05) is 12.0 Å². The molecule has 4 nitrogen and oxygen atoms in total. The summed E-state index contributed by atoms with van der Waals surface area (Å²) in [6.45, 7) is 0. The average Bonchev–Trinajstić information content (AvgIpc) is 3.43. The van der Waals surface area contributed by atoms with Crippen LogP contribution in [0.4, 0.5) is 5.69 Å². The van der Waals surface area contributed by atoms with Crippen LogP contribution in [0.3, 0.4) is 0 Å². The van der Waals surface area contributed by atoms with E-state index in [-0.39, 0.29) is 23.8 Å². The molecule has 0 radical (unpaired) electrons. The number of ketones is 1. The number of ether oxygens (including phenoxy) is 1. The largest absolute Gasteiger partial charge is 0.468 e. The van der Waals surface area contributed by atoms with Crippen molar-refractivity contribution in [3.63, 3.8) is 0 Å². The first-order valence-electron chi connectivity index (χ1n) is 9.32. The van der Waals surface area contributed by atoms with E-state index in [0.717, 1.165) is 16.8 Å². The van der Waals surface area contributed by atoms with Gasteiger partial charge in [0.25, 0.3) is 0 Å². The van der Waals surface area contributed by atoms with Gasteiger partial charge in [0.05, 0.1) is 13.2 Å². The van der Waals surface area contributed by atoms with Gasteiger partial charge in [0.15, 0.2) is 5.78 Å². The summed E-state index contributed by atoms with van der Waals surface area (Å²) in [6, 6.07) is 26.1. The third-order valence-electron chi connectivity index (χ3n) is 5.92. The summed E-state index contributed by atoms with van der Waals surface area (Å²) >= 11 is 0. The van der Waals surface area contributed by atoms with Gasteiger partial charge in [-0.25, -0.2) is 0 Å². The summed E-state index contributed by atoms with van der Waals surface area (Å²) in [5.41, 5.74) is 2.32. The second-order valence-electron chi connectivity index (χ2n) is 7.21. The van der Waals surface area contributed by atoms with E-state index in [1.165, 1.54) is 7.11 Å². The van der Waals surface area contributed by atoms with E-state index in [1.807, 2.05) is 84.9 Å². The second-order valence-corrected chi connectivity index (χ2v) is 7.21. The van der Waals surface area contributed by atoms with Gasteiger partial charge in [-0.2, -0.15) is 0 Å². The lowest BCUT2D eigenvalue weighted by Gasteiger charge is -2.29. The fraction of sp³-hybridized carbons (Fsp3) is 0.167. The number of carbonyl (C=O) groups is 2. The summed E-state index contributed by atoms with van der Waals surface area (Å²) in [5, 5.41) is 0. The third kappa shape index (κ3) is 2.06. The van der Waals surface area contributed by atoms with Crippen molar-refractivity contribution in [2.24, 2.45) is 0 Å². The van der Waals surface area contributed by atoms with Gasteiger partial charge in [-0.1, -0.05) is 78.9 Å². The molecule has 2 aliphatic rings. The first-order chi connectivity index (χ1) is 13.7. The lowest BCUT2D eigenvalue weighted by atomic mass is 9.70. The van der Waals surface area contributed by atoms with Crippen molar-refractivity contribution in [2.45, 2.75) is 17.5 Å². The van der Waals surface area contributed by atoms with Crippen molar-refractivity contribution in [1.29, 1.82) is 0 Å². The van der Waals surface area contributed by atoms with E-state index < -0.39 is 5.41 Å². The average molecular weight is 369 g/mol. The Kier molecular flexibility index (Phi) is 3.63. The summed E-state index contributed by atoms with van der Waals surface area (Å²) < 4.78 is 5.30. The number of benzene rings is 3. The van der Waals surface area contributed by atoms with E-state index in [2.05, 4.69) is 4.90 Å². The van der Waals surface area contributed by atoms with E-state index in [4.69, 9.17) is 4.74 Å². The van der Waals surface area contributed by atoms with Crippen LogP contribution >= 0.6 is 0 Å². The highest BCUT2D eigenvalue weighted by atomic mass is 16.5. The molecule has 138 valence electrons. The standard InChI is InChI=1S/C24H19NO3/c1-28-23(27)24(17-12-6-3-7-13-17)18-14-8-9-15-19(18)25-20(22(24)25)21(26)16-10-4-2-5-11-16/h2-15,20,22H,1H3. The molecule has 2 aliphatic heterocycles. The van der Waals surface area contributed by atoms with Crippen molar-refractivity contribution in [3.8, 4) is 0 Å². The van der Waals surface area contributed by atoms with Gasteiger partial charge in [-0.3, -0.25) is 9.59 Å². The van der Waals surface area contributed by atoms with Crippen molar-refractivity contribution < 1.29 is 14.3 Å². The number of nitrogens with zero attached hydrogens (tertiary/aromatic N) is 1. The van der Waals surface area contributed by atoms with Gasteiger partial charge in [-0.15, -0.1) is 0 Å². The number of hydrogen-bond donors (Lipinski definition) is 0. The normalized spacial score (nSPS) is 24.2.